The number of imidazole rings is 1. The molecule has 0 saturated carbocycles. The fraction of sp³-hybridized carbons (Fsp3) is 0.0769. The summed E-state index contributed by atoms with van der Waals surface area (Å²) in [4.78, 5) is 8.11. The number of hydrogen-bond acceptors (Lipinski definition) is 4. The lowest BCUT2D eigenvalue weighted by Crippen LogP contribution is -2.05. The lowest BCUT2D eigenvalue weighted by molar-refractivity contribution is 0.585. The van der Waals surface area contributed by atoms with Crippen molar-refractivity contribution >= 4 is 23.0 Å². The topological polar surface area (TPSA) is 68.2 Å². The molecule has 7 heteroatoms. The summed E-state index contributed by atoms with van der Waals surface area (Å²) in [5.74, 6) is -0.967. The molecule has 0 bridgehead atoms. The summed E-state index contributed by atoms with van der Waals surface area (Å²) in [6, 6.07) is 2.56. The van der Waals surface area contributed by atoms with Crippen LogP contribution < -0.4 is 11.1 Å². The fourth-order valence-electron chi connectivity index (χ4n) is 1.92. The van der Waals surface area contributed by atoms with E-state index in [9.17, 15) is 8.78 Å². The number of nitrogens with two attached hydrogens (primary N) is 1. The van der Waals surface area contributed by atoms with Gasteiger partial charge in [0.2, 0.25) is 0 Å². The monoisotopic (exact) mass is 275 g/mol. The van der Waals surface area contributed by atoms with E-state index in [0.29, 0.717) is 11.2 Å². The van der Waals surface area contributed by atoms with Gasteiger partial charge in [0.15, 0.2) is 17.3 Å². The smallest absolute Gasteiger partial charge is 0.180 e. The Kier molecular flexibility index (Phi) is 2.74. The van der Waals surface area contributed by atoms with Crippen LogP contribution in [0.1, 0.15) is 5.56 Å². The van der Waals surface area contributed by atoms with Gasteiger partial charge in [-0.1, -0.05) is 6.07 Å². The molecule has 0 amide bonds. The maximum Gasteiger partial charge on any atom is 0.180 e. The van der Waals surface area contributed by atoms with Crippen molar-refractivity contribution in [3.05, 3.63) is 47.9 Å². The van der Waals surface area contributed by atoms with Gasteiger partial charge in [-0.25, -0.2) is 18.7 Å². The van der Waals surface area contributed by atoms with Crippen LogP contribution in [0.3, 0.4) is 0 Å². The molecule has 0 atom stereocenters. The van der Waals surface area contributed by atoms with Crippen molar-refractivity contribution in [3.63, 3.8) is 0 Å². The minimum absolute atomic E-state index is 0.193. The molecule has 3 rings (SSSR count). The average Bonchev–Trinajstić information content (AvgIpc) is 2.87. The minimum Gasteiger partial charge on any atom is -0.382 e. The molecule has 5 nitrogen and oxygen atoms in total. The predicted octanol–water partition coefficient (Wildman–Crippen LogP) is 2.64. The first-order valence-electron chi connectivity index (χ1n) is 5.87. The highest BCUT2D eigenvalue weighted by Crippen LogP contribution is 2.26. The first kappa shape index (κ1) is 12.3. The lowest BCUT2D eigenvalue weighted by atomic mass is 10.2. The zero-order chi connectivity index (χ0) is 14.3. The molecule has 0 spiro atoms. The normalized spacial score (nSPS) is 10.9. The molecule has 0 radical (unpaired) electrons. The highest BCUT2D eigenvalue weighted by atomic mass is 19.1. The van der Waals surface area contributed by atoms with E-state index < -0.39 is 11.6 Å². The second-order valence-electron chi connectivity index (χ2n) is 4.35. The van der Waals surface area contributed by atoms with Crippen LogP contribution in [0.15, 0.2) is 30.7 Å². The Bertz CT molecular complexity index is 797. The number of rotatable bonds is 2. The van der Waals surface area contributed by atoms with Crippen LogP contribution in [0.5, 0.6) is 0 Å². The largest absolute Gasteiger partial charge is 0.382 e. The second-order valence-corrected chi connectivity index (χ2v) is 4.35. The van der Waals surface area contributed by atoms with Gasteiger partial charge in [0, 0.05) is 12.4 Å². The standard InChI is InChI=1S/C13H11F2N5/c1-7-2-3-8(14)11(10(7)15)19-12-13-17-4-5-20(13)6-9(16)18-12/h2-6H,16H2,1H3,(H,18,19). The molecule has 0 aliphatic rings. The number of halogens is 2. The van der Waals surface area contributed by atoms with E-state index in [1.807, 2.05) is 0 Å². The van der Waals surface area contributed by atoms with Crippen LogP contribution in [0.4, 0.5) is 26.1 Å². The summed E-state index contributed by atoms with van der Waals surface area (Å²) in [5.41, 5.74) is 6.15. The molecular weight excluding hydrogens is 264 g/mol. The average molecular weight is 275 g/mol. The molecule has 2 heterocycles. The van der Waals surface area contributed by atoms with Gasteiger partial charge in [-0.2, -0.15) is 0 Å². The van der Waals surface area contributed by atoms with Crippen LogP contribution in [0, 0.1) is 18.6 Å². The van der Waals surface area contributed by atoms with Crippen LogP contribution in [0.25, 0.3) is 5.65 Å². The first-order chi connectivity index (χ1) is 9.56. The van der Waals surface area contributed by atoms with Crippen LogP contribution in [0.2, 0.25) is 0 Å². The minimum atomic E-state index is -0.706. The van der Waals surface area contributed by atoms with Crippen LogP contribution in [-0.2, 0) is 0 Å². The Balaban J connectivity index is 2.14. The summed E-state index contributed by atoms with van der Waals surface area (Å²) in [6.07, 6.45) is 4.78. The van der Waals surface area contributed by atoms with Crippen molar-refractivity contribution in [2.75, 3.05) is 11.1 Å². The van der Waals surface area contributed by atoms with Crippen molar-refractivity contribution < 1.29 is 8.78 Å². The number of aryl methyl sites for hydroxylation is 1. The van der Waals surface area contributed by atoms with Crippen molar-refractivity contribution in [2.45, 2.75) is 6.92 Å². The maximum absolute atomic E-state index is 14.0. The van der Waals surface area contributed by atoms with Gasteiger partial charge >= 0.3 is 0 Å². The molecule has 0 saturated heterocycles. The third kappa shape index (κ3) is 1.93. The molecule has 3 aromatic rings. The summed E-state index contributed by atoms with van der Waals surface area (Å²) in [5, 5.41) is 2.63. The van der Waals surface area contributed by atoms with E-state index in [-0.39, 0.29) is 17.3 Å². The quantitative estimate of drug-likeness (QED) is 0.754. The third-order valence-electron chi connectivity index (χ3n) is 2.92. The number of nitrogen functional groups attached to an aromatic ring is 1. The van der Waals surface area contributed by atoms with Gasteiger partial charge in [-0.15, -0.1) is 0 Å². The Morgan fingerprint density at radius 2 is 2.10 bits per heavy atom. The Hall–Kier alpha value is -2.70. The summed E-state index contributed by atoms with van der Waals surface area (Å²) >= 11 is 0. The van der Waals surface area contributed by atoms with E-state index >= 15 is 0 Å². The second kappa shape index (κ2) is 4.44. The number of nitrogens with one attached hydrogen (secondary N) is 1. The molecule has 102 valence electrons. The van der Waals surface area contributed by atoms with Gasteiger partial charge in [0.05, 0.1) is 6.20 Å². The number of anilines is 3. The maximum atomic E-state index is 14.0. The van der Waals surface area contributed by atoms with Crippen molar-refractivity contribution in [1.82, 2.24) is 14.4 Å². The summed E-state index contributed by atoms with van der Waals surface area (Å²) in [6.45, 7) is 1.55. The Morgan fingerprint density at radius 1 is 1.30 bits per heavy atom. The predicted molar refractivity (Wildman–Crippen MR) is 71.8 cm³/mol. The third-order valence-corrected chi connectivity index (χ3v) is 2.92. The lowest BCUT2D eigenvalue weighted by Gasteiger charge is -2.11. The molecular formula is C13H11F2N5. The number of fused-ring (bicyclic) bond motifs is 1. The molecule has 0 fully saturated rings. The van der Waals surface area contributed by atoms with E-state index in [1.165, 1.54) is 12.1 Å². The molecule has 0 aliphatic carbocycles. The number of hydrogen-bond donors (Lipinski definition) is 2. The van der Waals surface area contributed by atoms with E-state index in [1.54, 1.807) is 29.9 Å². The molecule has 3 N–H and O–H groups in total. The highest BCUT2D eigenvalue weighted by molar-refractivity contribution is 5.72. The molecule has 0 unspecified atom stereocenters. The van der Waals surface area contributed by atoms with Crippen molar-refractivity contribution in [2.24, 2.45) is 0 Å². The van der Waals surface area contributed by atoms with E-state index in [0.717, 1.165) is 0 Å². The SMILES string of the molecule is Cc1ccc(F)c(Nc2nc(N)cn3ccnc23)c1F. The van der Waals surface area contributed by atoms with Crippen molar-refractivity contribution in [1.29, 1.82) is 0 Å². The summed E-state index contributed by atoms with van der Waals surface area (Å²) < 4.78 is 29.4. The zero-order valence-electron chi connectivity index (χ0n) is 10.6. The van der Waals surface area contributed by atoms with E-state index in [4.69, 9.17) is 5.73 Å². The molecule has 1 aromatic carbocycles. The number of aromatic nitrogens is 3. The van der Waals surface area contributed by atoms with Gasteiger partial charge in [-0.05, 0) is 18.6 Å². The molecule has 0 aliphatic heterocycles. The molecule has 20 heavy (non-hydrogen) atoms. The molecule has 2 aromatic heterocycles. The number of nitrogens with zero attached hydrogens (tertiary/aromatic N) is 3. The van der Waals surface area contributed by atoms with Gasteiger partial charge < -0.3 is 15.5 Å². The van der Waals surface area contributed by atoms with Gasteiger partial charge in [0.1, 0.15) is 17.3 Å². The fourth-order valence-corrected chi connectivity index (χ4v) is 1.92. The van der Waals surface area contributed by atoms with Gasteiger partial charge in [0.25, 0.3) is 0 Å². The zero-order valence-corrected chi connectivity index (χ0v) is 10.6. The first-order valence-corrected chi connectivity index (χ1v) is 5.87. The van der Waals surface area contributed by atoms with Crippen LogP contribution in [-0.4, -0.2) is 14.4 Å². The Labute approximate surface area is 113 Å². The number of benzene rings is 1. The summed E-state index contributed by atoms with van der Waals surface area (Å²) in [7, 11) is 0. The van der Waals surface area contributed by atoms with Crippen molar-refractivity contribution in [3.8, 4) is 0 Å². The Morgan fingerprint density at radius 3 is 2.90 bits per heavy atom. The highest BCUT2D eigenvalue weighted by Gasteiger charge is 2.14. The van der Waals surface area contributed by atoms with E-state index in [2.05, 4.69) is 15.3 Å². The van der Waals surface area contributed by atoms with Gasteiger partial charge in [-0.3, -0.25) is 0 Å². The van der Waals surface area contributed by atoms with Crippen LogP contribution >= 0.6 is 0 Å².